The molecule has 3 aromatic carbocycles. The maximum absolute atomic E-state index is 5.71. The average molecular weight is 312 g/mol. The van der Waals surface area contributed by atoms with Gasteiger partial charge in [-0.25, -0.2) is 0 Å². The van der Waals surface area contributed by atoms with Gasteiger partial charge in [0.1, 0.15) is 0 Å². The topological polar surface area (TPSA) is 36.9 Å². The molecule has 0 fully saturated rings. The van der Waals surface area contributed by atoms with Crippen molar-refractivity contribution in [1.82, 2.24) is 0 Å². The van der Waals surface area contributed by atoms with E-state index in [0.29, 0.717) is 18.1 Å². The van der Waals surface area contributed by atoms with E-state index in [1.807, 2.05) is 31.2 Å². The Morgan fingerprint density at radius 3 is 2.04 bits per heavy atom. The molecular weight excluding hydrogens is 292 g/mol. The van der Waals surface area contributed by atoms with E-state index in [1.165, 1.54) is 0 Å². The van der Waals surface area contributed by atoms with Gasteiger partial charge in [0.15, 0.2) is 23.0 Å². The first-order valence-electron chi connectivity index (χ1n) is 7.51. The van der Waals surface area contributed by atoms with Crippen molar-refractivity contribution >= 4 is 21.5 Å². The van der Waals surface area contributed by atoms with Crippen LogP contribution in [-0.4, -0.2) is 27.9 Å². The van der Waals surface area contributed by atoms with Crippen LogP contribution in [0.4, 0.5) is 0 Å². The molecule has 0 N–H and O–H groups in total. The van der Waals surface area contributed by atoms with Gasteiger partial charge in [-0.3, -0.25) is 0 Å². The van der Waals surface area contributed by atoms with Gasteiger partial charge >= 0.3 is 0 Å². The van der Waals surface area contributed by atoms with E-state index in [-0.39, 0.29) is 0 Å². The zero-order chi connectivity index (χ0) is 16.4. The van der Waals surface area contributed by atoms with Gasteiger partial charge < -0.3 is 18.9 Å². The molecule has 0 amide bonds. The molecule has 3 aromatic rings. The van der Waals surface area contributed by atoms with Crippen molar-refractivity contribution < 1.29 is 18.9 Å². The zero-order valence-corrected chi connectivity index (χ0v) is 13.8. The number of fused-ring (bicyclic) bond motifs is 3. The molecule has 0 atom stereocenters. The van der Waals surface area contributed by atoms with Gasteiger partial charge in [0.05, 0.1) is 27.9 Å². The predicted octanol–water partition coefficient (Wildman–Crippen LogP) is 4.42. The standard InChI is InChI=1S/C19H20O4/c1-5-23-15-9-8-12-6-7-13-10-16(20-2)17(21-3)11-14(13)18(12)19(15)22-4/h6-11H,5H2,1-4H3. The molecule has 0 radical (unpaired) electrons. The molecule has 4 nitrogen and oxygen atoms in total. The highest BCUT2D eigenvalue weighted by molar-refractivity contribution is 6.12. The second-order valence-corrected chi connectivity index (χ2v) is 5.12. The Balaban J connectivity index is 2.42. The molecule has 0 aliphatic carbocycles. The second-order valence-electron chi connectivity index (χ2n) is 5.12. The van der Waals surface area contributed by atoms with Crippen LogP contribution in [-0.2, 0) is 0 Å². The Bertz CT molecular complexity index is 855. The maximum atomic E-state index is 5.71. The SMILES string of the molecule is CCOc1ccc2ccc3cc(OC)c(OC)cc3c2c1OC. The molecule has 0 heterocycles. The van der Waals surface area contributed by atoms with Crippen molar-refractivity contribution in [2.75, 3.05) is 27.9 Å². The Hall–Kier alpha value is -2.62. The van der Waals surface area contributed by atoms with Gasteiger partial charge in [-0.05, 0) is 41.3 Å². The largest absolute Gasteiger partial charge is 0.493 e. The number of rotatable bonds is 5. The molecule has 0 unspecified atom stereocenters. The summed E-state index contributed by atoms with van der Waals surface area (Å²) in [6.07, 6.45) is 0. The van der Waals surface area contributed by atoms with Crippen molar-refractivity contribution in [2.45, 2.75) is 6.92 Å². The van der Waals surface area contributed by atoms with Crippen LogP contribution in [0.25, 0.3) is 21.5 Å². The maximum Gasteiger partial charge on any atom is 0.169 e. The normalized spacial score (nSPS) is 10.8. The van der Waals surface area contributed by atoms with Crippen molar-refractivity contribution in [1.29, 1.82) is 0 Å². The van der Waals surface area contributed by atoms with Crippen molar-refractivity contribution in [3.63, 3.8) is 0 Å². The second kappa shape index (κ2) is 6.24. The van der Waals surface area contributed by atoms with Gasteiger partial charge in [0, 0.05) is 5.39 Å². The molecule has 0 saturated carbocycles. The minimum Gasteiger partial charge on any atom is -0.493 e. The summed E-state index contributed by atoms with van der Waals surface area (Å²) in [5, 5.41) is 4.20. The van der Waals surface area contributed by atoms with Gasteiger partial charge in [0.2, 0.25) is 0 Å². The number of hydrogen-bond acceptors (Lipinski definition) is 4. The van der Waals surface area contributed by atoms with Gasteiger partial charge in [-0.2, -0.15) is 0 Å². The monoisotopic (exact) mass is 312 g/mol. The van der Waals surface area contributed by atoms with Crippen molar-refractivity contribution in [3.8, 4) is 23.0 Å². The minimum atomic E-state index is 0.587. The third kappa shape index (κ3) is 2.50. The van der Waals surface area contributed by atoms with E-state index in [9.17, 15) is 0 Å². The van der Waals surface area contributed by atoms with Crippen LogP contribution in [0, 0.1) is 0 Å². The molecule has 0 aliphatic heterocycles. The minimum absolute atomic E-state index is 0.587. The van der Waals surface area contributed by atoms with Crippen LogP contribution in [0.2, 0.25) is 0 Å². The van der Waals surface area contributed by atoms with E-state index in [0.717, 1.165) is 33.0 Å². The average Bonchev–Trinajstić information content (AvgIpc) is 2.60. The summed E-state index contributed by atoms with van der Waals surface area (Å²) < 4.78 is 22.2. The molecule has 120 valence electrons. The lowest BCUT2D eigenvalue weighted by Gasteiger charge is -2.15. The van der Waals surface area contributed by atoms with E-state index in [4.69, 9.17) is 18.9 Å². The Kier molecular flexibility index (Phi) is 4.15. The summed E-state index contributed by atoms with van der Waals surface area (Å²) in [6, 6.07) is 12.1. The van der Waals surface area contributed by atoms with E-state index >= 15 is 0 Å². The van der Waals surface area contributed by atoms with E-state index in [1.54, 1.807) is 21.3 Å². The summed E-state index contributed by atoms with van der Waals surface area (Å²) in [4.78, 5) is 0. The lowest BCUT2D eigenvalue weighted by atomic mass is 10.00. The molecule has 3 rings (SSSR count). The van der Waals surface area contributed by atoms with Gasteiger partial charge in [-0.15, -0.1) is 0 Å². The third-order valence-corrected chi connectivity index (χ3v) is 3.93. The molecule has 0 bridgehead atoms. The predicted molar refractivity (Wildman–Crippen MR) is 92.3 cm³/mol. The van der Waals surface area contributed by atoms with Crippen LogP contribution in [0.5, 0.6) is 23.0 Å². The number of hydrogen-bond donors (Lipinski definition) is 0. The molecule has 0 spiro atoms. The molecule has 0 aliphatic rings. The molecule has 0 saturated heterocycles. The van der Waals surface area contributed by atoms with E-state index < -0.39 is 0 Å². The van der Waals surface area contributed by atoms with Crippen LogP contribution in [0.1, 0.15) is 6.92 Å². The highest BCUT2D eigenvalue weighted by Gasteiger charge is 2.15. The van der Waals surface area contributed by atoms with Crippen LogP contribution in [0.3, 0.4) is 0 Å². The van der Waals surface area contributed by atoms with Crippen LogP contribution in [0.15, 0.2) is 36.4 Å². The first-order valence-corrected chi connectivity index (χ1v) is 7.51. The molecule has 23 heavy (non-hydrogen) atoms. The summed E-state index contributed by atoms with van der Waals surface area (Å²) in [6.45, 7) is 2.55. The smallest absolute Gasteiger partial charge is 0.169 e. The highest BCUT2D eigenvalue weighted by Crippen LogP contribution is 2.42. The van der Waals surface area contributed by atoms with Crippen molar-refractivity contribution in [2.24, 2.45) is 0 Å². The Morgan fingerprint density at radius 2 is 1.39 bits per heavy atom. The summed E-state index contributed by atoms with van der Waals surface area (Å²) in [7, 11) is 4.94. The third-order valence-electron chi connectivity index (χ3n) is 3.93. The van der Waals surface area contributed by atoms with Crippen LogP contribution < -0.4 is 18.9 Å². The number of methoxy groups -OCH3 is 3. The van der Waals surface area contributed by atoms with Crippen molar-refractivity contribution in [3.05, 3.63) is 36.4 Å². The fourth-order valence-corrected chi connectivity index (χ4v) is 2.90. The summed E-state index contributed by atoms with van der Waals surface area (Å²) in [5.74, 6) is 2.88. The van der Waals surface area contributed by atoms with Gasteiger partial charge in [-0.1, -0.05) is 18.2 Å². The Labute approximate surface area is 135 Å². The quantitative estimate of drug-likeness (QED) is 0.654. The van der Waals surface area contributed by atoms with Gasteiger partial charge in [0.25, 0.3) is 0 Å². The fourth-order valence-electron chi connectivity index (χ4n) is 2.90. The fraction of sp³-hybridized carbons (Fsp3) is 0.263. The molecular formula is C19H20O4. The zero-order valence-electron chi connectivity index (χ0n) is 13.8. The molecule has 0 aromatic heterocycles. The summed E-state index contributed by atoms with van der Waals surface area (Å²) >= 11 is 0. The lowest BCUT2D eigenvalue weighted by molar-refractivity contribution is 0.313. The summed E-state index contributed by atoms with van der Waals surface area (Å²) in [5.41, 5.74) is 0. The van der Waals surface area contributed by atoms with Crippen LogP contribution >= 0.6 is 0 Å². The van der Waals surface area contributed by atoms with E-state index in [2.05, 4.69) is 12.1 Å². The highest BCUT2D eigenvalue weighted by atomic mass is 16.5. The Morgan fingerprint density at radius 1 is 0.739 bits per heavy atom. The molecule has 4 heteroatoms. The first-order chi connectivity index (χ1) is 11.2. The number of ether oxygens (including phenoxy) is 4. The lowest BCUT2D eigenvalue weighted by Crippen LogP contribution is -1.97. The first kappa shape index (κ1) is 15.3. The number of benzene rings is 3.